The predicted octanol–water partition coefficient (Wildman–Crippen LogP) is 2.92. The minimum absolute atomic E-state index is 0. The Bertz CT molecular complexity index is 445. The van der Waals surface area contributed by atoms with Gasteiger partial charge in [0.05, 0.1) is 0 Å². The van der Waals surface area contributed by atoms with Crippen LogP contribution in [-0.4, -0.2) is 37.7 Å². The number of hydrogen-bond donors (Lipinski definition) is 1. The number of fused-ring (bicyclic) bond motifs is 1. The molecule has 0 spiro atoms. The molecule has 118 valence electrons. The lowest BCUT2D eigenvalue weighted by molar-refractivity contribution is -0.0498. The Balaban J connectivity index is 0.00000161. The van der Waals surface area contributed by atoms with Crippen molar-refractivity contribution in [3.05, 3.63) is 29.8 Å². The maximum atomic E-state index is 12.1. The molecule has 1 aromatic rings. The monoisotopic (exact) mass is 318 g/mol. The predicted molar refractivity (Wildman–Crippen MR) is 80.2 cm³/mol. The van der Waals surface area contributed by atoms with E-state index in [0.29, 0.717) is 6.04 Å². The quantitative estimate of drug-likeness (QED) is 0.924. The number of likely N-dealkylation sites (tertiary alicyclic amines) is 1. The number of rotatable bonds is 4. The third kappa shape index (κ3) is 3.65. The second-order valence-corrected chi connectivity index (χ2v) is 5.76. The van der Waals surface area contributed by atoms with Gasteiger partial charge in [-0.3, -0.25) is 4.90 Å². The molecule has 2 heterocycles. The summed E-state index contributed by atoms with van der Waals surface area (Å²) in [6.45, 7) is 3.90. The molecule has 3 atom stereocenters. The van der Waals surface area contributed by atoms with E-state index in [1.54, 1.807) is 12.1 Å². The molecule has 3 rings (SSSR count). The Morgan fingerprint density at radius 1 is 1.14 bits per heavy atom. The zero-order chi connectivity index (χ0) is 14.1. The molecular formula is C15H21ClF2N2O. The molecule has 2 aliphatic heterocycles. The van der Waals surface area contributed by atoms with Gasteiger partial charge in [0.1, 0.15) is 5.75 Å². The third-order valence-electron chi connectivity index (χ3n) is 4.55. The van der Waals surface area contributed by atoms with E-state index in [1.807, 2.05) is 12.1 Å². The average molecular weight is 319 g/mol. The molecule has 2 aliphatic rings. The number of nitrogens with zero attached hydrogens (tertiary/aromatic N) is 1. The molecule has 2 fully saturated rings. The summed E-state index contributed by atoms with van der Waals surface area (Å²) in [4.78, 5) is 2.49. The number of benzene rings is 1. The van der Waals surface area contributed by atoms with Crippen LogP contribution in [-0.2, 0) is 0 Å². The van der Waals surface area contributed by atoms with Crippen molar-refractivity contribution < 1.29 is 13.5 Å². The van der Waals surface area contributed by atoms with Crippen LogP contribution in [0.25, 0.3) is 0 Å². The Labute approximate surface area is 130 Å². The zero-order valence-corrected chi connectivity index (χ0v) is 12.8. The fourth-order valence-electron chi connectivity index (χ4n) is 3.35. The average Bonchev–Trinajstić information content (AvgIpc) is 2.98. The molecule has 1 aromatic carbocycles. The number of ether oxygens (including phenoxy) is 1. The minimum Gasteiger partial charge on any atom is -0.435 e. The lowest BCUT2D eigenvalue weighted by Gasteiger charge is -2.25. The number of hydrogen-bond acceptors (Lipinski definition) is 3. The van der Waals surface area contributed by atoms with E-state index >= 15 is 0 Å². The van der Waals surface area contributed by atoms with Gasteiger partial charge in [0.2, 0.25) is 0 Å². The molecule has 0 bridgehead atoms. The first-order valence-corrected chi connectivity index (χ1v) is 7.13. The van der Waals surface area contributed by atoms with Gasteiger partial charge in [0, 0.05) is 19.1 Å². The van der Waals surface area contributed by atoms with Gasteiger partial charge in [-0.05, 0) is 49.5 Å². The van der Waals surface area contributed by atoms with Crippen molar-refractivity contribution in [3.63, 3.8) is 0 Å². The molecule has 0 aromatic heterocycles. The van der Waals surface area contributed by atoms with Gasteiger partial charge in [-0.2, -0.15) is 8.78 Å². The molecule has 1 unspecified atom stereocenters. The molecule has 6 heteroatoms. The molecule has 21 heavy (non-hydrogen) atoms. The summed E-state index contributed by atoms with van der Waals surface area (Å²) >= 11 is 0. The lowest BCUT2D eigenvalue weighted by Crippen LogP contribution is -2.28. The molecule has 0 amide bonds. The summed E-state index contributed by atoms with van der Waals surface area (Å²) in [5.41, 5.74) is 1.15. The number of nitrogens with one attached hydrogen (secondary N) is 1. The molecule has 0 radical (unpaired) electrons. The standard InChI is InChI=1S/C15H20F2N2O.ClH/c1-10(19-8-12-6-18-7-13(12)9-19)11-2-4-14(5-3-11)20-15(16)17;/h2-5,10,12-13,15,18H,6-9H2,1H3;1H/t10?,12-,13+;. The molecular weight excluding hydrogens is 298 g/mol. The maximum Gasteiger partial charge on any atom is 0.387 e. The van der Waals surface area contributed by atoms with Gasteiger partial charge in [0.25, 0.3) is 0 Å². The number of halogens is 3. The summed E-state index contributed by atoms with van der Waals surface area (Å²) in [5, 5.41) is 3.43. The Morgan fingerprint density at radius 3 is 2.24 bits per heavy atom. The second kappa shape index (κ2) is 6.90. The molecule has 1 N–H and O–H groups in total. The molecule has 0 aliphatic carbocycles. The van der Waals surface area contributed by atoms with E-state index < -0.39 is 6.61 Å². The smallest absolute Gasteiger partial charge is 0.387 e. The van der Waals surface area contributed by atoms with Crippen LogP contribution in [0.5, 0.6) is 5.75 Å². The van der Waals surface area contributed by atoms with Crippen LogP contribution < -0.4 is 10.1 Å². The Hall–Kier alpha value is -0.910. The van der Waals surface area contributed by atoms with Gasteiger partial charge in [0.15, 0.2) is 0 Å². The maximum absolute atomic E-state index is 12.1. The van der Waals surface area contributed by atoms with Crippen molar-refractivity contribution in [2.75, 3.05) is 26.2 Å². The van der Waals surface area contributed by atoms with Crippen LogP contribution in [0.1, 0.15) is 18.5 Å². The van der Waals surface area contributed by atoms with Crippen LogP contribution in [0.2, 0.25) is 0 Å². The van der Waals surface area contributed by atoms with Gasteiger partial charge in [-0.1, -0.05) is 12.1 Å². The third-order valence-corrected chi connectivity index (χ3v) is 4.55. The van der Waals surface area contributed by atoms with Crippen LogP contribution in [0.4, 0.5) is 8.78 Å². The summed E-state index contributed by atoms with van der Waals surface area (Å²) in [5.74, 6) is 1.75. The van der Waals surface area contributed by atoms with E-state index in [9.17, 15) is 8.78 Å². The zero-order valence-electron chi connectivity index (χ0n) is 12.0. The largest absolute Gasteiger partial charge is 0.435 e. The first-order valence-electron chi connectivity index (χ1n) is 7.13. The first kappa shape index (κ1) is 16.5. The highest BCUT2D eigenvalue weighted by Crippen LogP contribution is 2.33. The van der Waals surface area contributed by atoms with Crippen molar-refractivity contribution in [1.82, 2.24) is 10.2 Å². The summed E-state index contributed by atoms with van der Waals surface area (Å²) < 4.78 is 28.6. The van der Waals surface area contributed by atoms with Crippen LogP contribution in [0.3, 0.4) is 0 Å². The summed E-state index contributed by atoms with van der Waals surface area (Å²) in [6, 6.07) is 7.33. The van der Waals surface area contributed by atoms with Gasteiger partial charge < -0.3 is 10.1 Å². The SMILES string of the molecule is CC(c1ccc(OC(F)F)cc1)N1C[C@H]2CNC[C@H]2C1.Cl. The Kier molecular flexibility index (Phi) is 5.41. The van der Waals surface area contributed by atoms with E-state index in [1.165, 1.54) is 0 Å². The van der Waals surface area contributed by atoms with Crippen molar-refractivity contribution in [1.29, 1.82) is 0 Å². The minimum atomic E-state index is -2.76. The van der Waals surface area contributed by atoms with E-state index in [2.05, 4.69) is 21.9 Å². The van der Waals surface area contributed by atoms with E-state index in [0.717, 1.165) is 43.6 Å². The first-order chi connectivity index (χ1) is 9.63. The van der Waals surface area contributed by atoms with Crippen molar-refractivity contribution >= 4 is 12.4 Å². The van der Waals surface area contributed by atoms with Crippen molar-refractivity contribution in [2.45, 2.75) is 19.6 Å². The molecule has 0 saturated carbocycles. The van der Waals surface area contributed by atoms with Crippen LogP contribution >= 0.6 is 12.4 Å². The van der Waals surface area contributed by atoms with E-state index in [-0.39, 0.29) is 18.2 Å². The van der Waals surface area contributed by atoms with Crippen LogP contribution in [0, 0.1) is 11.8 Å². The van der Waals surface area contributed by atoms with Gasteiger partial charge in [-0.15, -0.1) is 12.4 Å². The van der Waals surface area contributed by atoms with Gasteiger partial charge >= 0.3 is 6.61 Å². The highest BCUT2D eigenvalue weighted by atomic mass is 35.5. The fourth-order valence-corrected chi connectivity index (χ4v) is 3.35. The van der Waals surface area contributed by atoms with E-state index in [4.69, 9.17) is 0 Å². The highest BCUT2D eigenvalue weighted by molar-refractivity contribution is 5.85. The fraction of sp³-hybridized carbons (Fsp3) is 0.600. The normalized spacial score (nSPS) is 26.5. The molecule has 3 nitrogen and oxygen atoms in total. The summed E-state index contributed by atoms with van der Waals surface area (Å²) in [6.07, 6.45) is 0. The molecule has 2 saturated heterocycles. The van der Waals surface area contributed by atoms with Gasteiger partial charge in [-0.25, -0.2) is 0 Å². The van der Waals surface area contributed by atoms with Crippen LogP contribution in [0.15, 0.2) is 24.3 Å². The second-order valence-electron chi connectivity index (χ2n) is 5.76. The number of alkyl halides is 2. The van der Waals surface area contributed by atoms with Crippen molar-refractivity contribution in [2.24, 2.45) is 11.8 Å². The topological polar surface area (TPSA) is 24.5 Å². The Morgan fingerprint density at radius 2 is 1.71 bits per heavy atom. The summed E-state index contributed by atoms with van der Waals surface area (Å²) in [7, 11) is 0. The van der Waals surface area contributed by atoms with Crippen molar-refractivity contribution in [3.8, 4) is 5.75 Å². The highest BCUT2D eigenvalue weighted by Gasteiger charge is 2.37. The lowest BCUT2D eigenvalue weighted by atomic mass is 10.0.